The predicted octanol–water partition coefficient (Wildman–Crippen LogP) is 3.99. The van der Waals surface area contributed by atoms with E-state index >= 15 is 0 Å². The maximum Gasteiger partial charge on any atom is 0.165 e. The summed E-state index contributed by atoms with van der Waals surface area (Å²) in [6.07, 6.45) is 0.915. The molecule has 0 atom stereocenters. The number of phenolic OH excluding ortho intramolecular Hbond substituents is 1. The van der Waals surface area contributed by atoms with Gasteiger partial charge in [0.2, 0.25) is 0 Å². The average molecular weight is 246 g/mol. The summed E-state index contributed by atoms with van der Waals surface area (Å²) in [5, 5.41) is 9.20. The average Bonchev–Trinajstić information content (AvgIpc) is 2.40. The standard InChI is InChI=1S/C15H15FO2/c1-2-9-18-15-6-4-3-5-12(15)11-7-8-14(17)13(16)10-11/h3-8,10,17H,2,9H2,1H3. The maximum atomic E-state index is 13.4. The molecular formula is C15H15FO2. The number of halogens is 1. The summed E-state index contributed by atoms with van der Waals surface area (Å²) in [5.41, 5.74) is 1.52. The van der Waals surface area contributed by atoms with E-state index in [2.05, 4.69) is 0 Å². The van der Waals surface area contributed by atoms with E-state index in [1.807, 2.05) is 31.2 Å². The Labute approximate surface area is 106 Å². The molecule has 0 bridgehead atoms. The Morgan fingerprint density at radius 1 is 1.17 bits per heavy atom. The second-order valence-electron chi connectivity index (χ2n) is 4.01. The van der Waals surface area contributed by atoms with Crippen molar-refractivity contribution < 1.29 is 14.2 Å². The van der Waals surface area contributed by atoms with Crippen molar-refractivity contribution in [2.45, 2.75) is 13.3 Å². The maximum absolute atomic E-state index is 13.4. The summed E-state index contributed by atoms with van der Waals surface area (Å²) < 4.78 is 19.0. The van der Waals surface area contributed by atoms with Gasteiger partial charge in [-0.3, -0.25) is 0 Å². The van der Waals surface area contributed by atoms with Gasteiger partial charge < -0.3 is 9.84 Å². The lowest BCUT2D eigenvalue weighted by Gasteiger charge is -2.11. The van der Waals surface area contributed by atoms with Crippen LogP contribution in [-0.4, -0.2) is 11.7 Å². The Kier molecular flexibility index (Phi) is 3.82. The van der Waals surface area contributed by atoms with Gasteiger partial charge in [-0.1, -0.05) is 31.2 Å². The molecule has 18 heavy (non-hydrogen) atoms. The Balaban J connectivity index is 2.39. The number of phenols is 1. The molecule has 0 heterocycles. The zero-order chi connectivity index (χ0) is 13.0. The number of benzene rings is 2. The molecule has 3 heteroatoms. The van der Waals surface area contributed by atoms with E-state index in [1.54, 1.807) is 6.07 Å². The van der Waals surface area contributed by atoms with E-state index in [-0.39, 0.29) is 5.75 Å². The summed E-state index contributed by atoms with van der Waals surface area (Å²) in [6.45, 7) is 2.65. The van der Waals surface area contributed by atoms with Gasteiger partial charge in [-0.25, -0.2) is 4.39 Å². The fraction of sp³-hybridized carbons (Fsp3) is 0.200. The Morgan fingerprint density at radius 2 is 1.94 bits per heavy atom. The van der Waals surface area contributed by atoms with Gasteiger partial charge in [0.15, 0.2) is 11.6 Å². The van der Waals surface area contributed by atoms with Gasteiger partial charge in [0.1, 0.15) is 5.75 Å². The van der Waals surface area contributed by atoms with Crippen LogP contribution in [0.1, 0.15) is 13.3 Å². The highest BCUT2D eigenvalue weighted by atomic mass is 19.1. The summed E-state index contributed by atoms with van der Waals surface area (Å²) in [7, 11) is 0. The van der Waals surface area contributed by atoms with Gasteiger partial charge in [0.25, 0.3) is 0 Å². The lowest BCUT2D eigenvalue weighted by molar-refractivity contribution is 0.318. The van der Waals surface area contributed by atoms with E-state index in [1.165, 1.54) is 12.1 Å². The molecule has 0 aliphatic rings. The normalized spacial score (nSPS) is 10.3. The lowest BCUT2D eigenvalue weighted by Crippen LogP contribution is -1.96. The third-order valence-corrected chi connectivity index (χ3v) is 2.61. The highest BCUT2D eigenvalue weighted by Crippen LogP contribution is 2.32. The first kappa shape index (κ1) is 12.4. The van der Waals surface area contributed by atoms with Crippen molar-refractivity contribution in [3.63, 3.8) is 0 Å². The van der Waals surface area contributed by atoms with Crippen LogP contribution in [0.2, 0.25) is 0 Å². The molecule has 0 aromatic heterocycles. The molecule has 0 radical (unpaired) electrons. The van der Waals surface area contributed by atoms with E-state index in [4.69, 9.17) is 4.74 Å². The summed E-state index contributed by atoms with van der Waals surface area (Å²) in [6, 6.07) is 11.8. The van der Waals surface area contributed by atoms with Crippen LogP contribution >= 0.6 is 0 Å². The molecule has 0 saturated carbocycles. The van der Waals surface area contributed by atoms with Gasteiger partial charge in [0.05, 0.1) is 6.61 Å². The minimum Gasteiger partial charge on any atom is -0.505 e. The van der Waals surface area contributed by atoms with E-state index in [9.17, 15) is 9.50 Å². The van der Waals surface area contributed by atoms with E-state index < -0.39 is 5.82 Å². The van der Waals surface area contributed by atoms with Gasteiger partial charge in [-0.2, -0.15) is 0 Å². The monoisotopic (exact) mass is 246 g/mol. The smallest absolute Gasteiger partial charge is 0.165 e. The van der Waals surface area contributed by atoms with Crippen molar-refractivity contribution in [3.05, 3.63) is 48.3 Å². The first-order chi connectivity index (χ1) is 8.72. The van der Waals surface area contributed by atoms with E-state index in [0.717, 1.165) is 17.7 Å². The SMILES string of the molecule is CCCOc1ccccc1-c1ccc(O)c(F)c1. The molecule has 94 valence electrons. The van der Waals surface area contributed by atoms with Crippen molar-refractivity contribution in [1.82, 2.24) is 0 Å². The zero-order valence-corrected chi connectivity index (χ0v) is 10.2. The van der Waals surface area contributed by atoms with Gasteiger partial charge >= 0.3 is 0 Å². The molecule has 2 aromatic carbocycles. The first-order valence-corrected chi connectivity index (χ1v) is 5.93. The predicted molar refractivity (Wildman–Crippen MR) is 69.3 cm³/mol. The molecule has 0 amide bonds. The van der Waals surface area contributed by atoms with Gasteiger partial charge in [-0.15, -0.1) is 0 Å². The fourth-order valence-corrected chi connectivity index (χ4v) is 1.72. The number of hydrogen-bond acceptors (Lipinski definition) is 2. The first-order valence-electron chi connectivity index (χ1n) is 5.93. The quantitative estimate of drug-likeness (QED) is 0.884. The third kappa shape index (κ3) is 2.62. The lowest BCUT2D eigenvalue weighted by atomic mass is 10.0. The van der Waals surface area contributed by atoms with E-state index in [0.29, 0.717) is 12.2 Å². The summed E-state index contributed by atoms with van der Waals surface area (Å²) in [5.74, 6) is -0.243. The van der Waals surface area contributed by atoms with Crippen LogP contribution in [0, 0.1) is 5.82 Å². The minimum atomic E-state index is -0.627. The molecule has 2 rings (SSSR count). The molecule has 0 aliphatic carbocycles. The highest BCUT2D eigenvalue weighted by Gasteiger charge is 2.08. The number of hydrogen-bond donors (Lipinski definition) is 1. The molecular weight excluding hydrogens is 231 g/mol. The molecule has 1 N–H and O–H groups in total. The second-order valence-corrected chi connectivity index (χ2v) is 4.01. The number of aromatic hydroxyl groups is 1. The van der Waals surface area contributed by atoms with Crippen molar-refractivity contribution in [2.24, 2.45) is 0 Å². The van der Waals surface area contributed by atoms with Crippen LogP contribution in [0.4, 0.5) is 4.39 Å². The second kappa shape index (κ2) is 5.54. The van der Waals surface area contributed by atoms with Crippen molar-refractivity contribution in [2.75, 3.05) is 6.61 Å². The third-order valence-electron chi connectivity index (χ3n) is 2.61. The van der Waals surface area contributed by atoms with Crippen LogP contribution in [0.5, 0.6) is 11.5 Å². The molecule has 0 spiro atoms. The molecule has 0 aliphatic heterocycles. The topological polar surface area (TPSA) is 29.5 Å². The van der Waals surface area contributed by atoms with Crippen LogP contribution < -0.4 is 4.74 Å². The largest absolute Gasteiger partial charge is 0.505 e. The molecule has 0 saturated heterocycles. The van der Waals surface area contributed by atoms with Crippen LogP contribution in [0.25, 0.3) is 11.1 Å². The van der Waals surface area contributed by atoms with Crippen molar-refractivity contribution >= 4 is 0 Å². The highest BCUT2D eigenvalue weighted by molar-refractivity contribution is 5.70. The van der Waals surface area contributed by atoms with Gasteiger partial charge in [0, 0.05) is 5.56 Å². The molecule has 0 unspecified atom stereocenters. The van der Waals surface area contributed by atoms with Gasteiger partial charge in [-0.05, 0) is 30.2 Å². The Bertz CT molecular complexity index is 538. The zero-order valence-electron chi connectivity index (χ0n) is 10.2. The van der Waals surface area contributed by atoms with Crippen molar-refractivity contribution in [3.8, 4) is 22.6 Å². The molecule has 2 nitrogen and oxygen atoms in total. The fourth-order valence-electron chi connectivity index (χ4n) is 1.72. The number of rotatable bonds is 4. The Hall–Kier alpha value is -2.03. The molecule has 2 aromatic rings. The van der Waals surface area contributed by atoms with Crippen molar-refractivity contribution in [1.29, 1.82) is 0 Å². The summed E-state index contributed by atoms with van der Waals surface area (Å²) in [4.78, 5) is 0. The number of para-hydroxylation sites is 1. The van der Waals surface area contributed by atoms with Crippen LogP contribution in [0.3, 0.4) is 0 Å². The molecule has 0 fully saturated rings. The van der Waals surface area contributed by atoms with Crippen LogP contribution in [0.15, 0.2) is 42.5 Å². The Morgan fingerprint density at radius 3 is 2.67 bits per heavy atom. The number of ether oxygens (including phenoxy) is 1. The van der Waals surface area contributed by atoms with Crippen LogP contribution in [-0.2, 0) is 0 Å². The summed E-state index contributed by atoms with van der Waals surface area (Å²) >= 11 is 0. The minimum absolute atomic E-state index is 0.342.